The molecule has 0 saturated heterocycles. The van der Waals surface area contributed by atoms with Gasteiger partial charge in [0.15, 0.2) is 0 Å². The van der Waals surface area contributed by atoms with E-state index in [0.29, 0.717) is 5.92 Å². The molecule has 0 atom stereocenters. The van der Waals surface area contributed by atoms with Gasteiger partial charge in [-0.05, 0) is 30.0 Å². The highest BCUT2D eigenvalue weighted by Gasteiger charge is 2.05. The summed E-state index contributed by atoms with van der Waals surface area (Å²) in [7, 11) is 0. The molecule has 0 N–H and O–H groups in total. The third-order valence-corrected chi connectivity index (χ3v) is 2.39. The third-order valence-electron chi connectivity index (χ3n) is 2.39. The topological polar surface area (TPSA) is 17.3 Å². The van der Waals surface area contributed by atoms with Crippen LogP contribution in [-0.4, -0.2) is 9.38 Å². The summed E-state index contributed by atoms with van der Waals surface area (Å²) in [6.07, 6.45) is 5.95. The molecule has 82 valence electrons. The molecular weight excluding hydrogens is 184 g/mol. The molecule has 0 unspecified atom stereocenters. The lowest BCUT2D eigenvalue weighted by Gasteiger charge is -2.09. The van der Waals surface area contributed by atoms with Crippen molar-refractivity contribution in [2.45, 2.75) is 40.5 Å². The van der Waals surface area contributed by atoms with Crippen LogP contribution in [0.15, 0.2) is 24.7 Å². The quantitative estimate of drug-likeness (QED) is 0.690. The highest BCUT2D eigenvalue weighted by atomic mass is 15.0. The maximum atomic E-state index is 4.27. The Morgan fingerprint density at radius 1 is 1.27 bits per heavy atom. The average Bonchev–Trinajstić information content (AvgIpc) is 2.66. The van der Waals surface area contributed by atoms with Crippen molar-refractivity contribution in [1.82, 2.24) is 9.38 Å². The van der Waals surface area contributed by atoms with Crippen molar-refractivity contribution in [2.75, 3.05) is 0 Å². The fourth-order valence-corrected chi connectivity index (χ4v) is 1.70. The summed E-state index contributed by atoms with van der Waals surface area (Å²) in [6, 6.07) is 2.17. The average molecular weight is 204 g/mol. The van der Waals surface area contributed by atoms with Gasteiger partial charge in [0.1, 0.15) is 5.65 Å². The van der Waals surface area contributed by atoms with Gasteiger partial charge in [-0.3, -0.25) is 0 Å². The molecule has 15 heavy (non-hydrogen) atoms. The molecule has 2 aromatic rings. The summed E-state index contributed by atoms with van der Waals surface area (Å²) in [4.78, 5) is 4.27. The molecule has 0 amide bonds. The Morgan fingerprint density at radius 2 is 1.93 bits per heavy atom. The van der Waals surface area contributed by atoms with E-state index < -0.39 is 0 Å². The molecule has 0 aliphatic rings. The lowest BCUT2D eigenvalue weighted by Crippen LogP contribution is -1.95. The Bertz CT molecular complexity index is 427. The zero-order valence-corrected chi connectivity index (χ0v) is 10.3. The Balaban J connectivity index is 0.000000531. The first-order valence-electron chi connectivity index (χ1n) is 5.61. The molecule has 2 heteroatoms. The van der Waals surface area contributed by atoms with E-state index >= 15 is 0 Å². The van der Waals surface area contributed by atoms with Gasteiger partial charge in [-0.25, -0.2) is 4.98 Å². The van der Waals surface area contributed by atoms with E-state index in [4.69, 9.17) is 0 Å². The fourth-order valence-electron chi connectivity index (χ4n) is 1.70. The van der Waals surface area contributed by atoms with Crippen molar-refractivity contribution < 1.29 is 0 Å². The normalized spacial score (nSPS) is 10.3. The van der Waals surface area contributed by atoms with Crippen LogP contribution in [0.5, 0.6) is 0 Å². The van der Waals surface area contributed by atoms with E-state index in [1.54, 1.807) is 0 Å². The van der Waals surface area contributed by atoms with E-state index in [1.165, 1.54) is 11.1 Å². The second kappa shape index (κ2) is 4.96. The first-order valence-corrected chi connectivity index (χ1v) is 5.61. The van der Waals surface area contributed by atoms with Crippen LogP contribution in [0, 0.1) is 6.92 Å². The molecule has 0 bridgehead atoms. The van der Waals surface area contributed by atoms with Gasteiger partial charge < -0.3 is 4.40 Å². The first kappa shape index (κ1) is 11.8. The van der Waals surface area contributed by atoms with E-state index in [0.717, 1.165) is 5.65 Å². The molecule has 0 radical (unpaired) electrons. The van der Waals surface area contributed by atoms with Gasteiger partial charge in [0.2, 0.25) is 0 Å². The predicted molar refractivity (Wildman–Crippen MR) is 65.4 cm³/mol. The molecule has 2 heterocycles. The second-order valence-electron chi connectivity index (χ2n) is 3.76. The van der Waals surface area contributed by atoms with Gasteiger partial charge in [0, 0.05) is 18.6 Å². The van der Waals surface area contributed by atoms with Gasteiger partial charge in [-0.1, -0.05) is 27.7 Å². The fraction of sp³-hybridized carbons (Fsp3) is 0.462. The highest BCUT2D eigenvalue weighted by molar-refractivity contribution is 5.45. The largest absolute Gasteiger partial charge is 0.307 e. The van der Waals surface area contributed by atoms with Crippen molar-refractivity contribution in [3.8, 4) is 0 Å². The molecule has 0 aliphatic heterocycles. The van der Waals surface area contributed by atoms with Crippen molar-refractivity contribution >= 4 is 5.65 Å². The van der Waals surface area contributed by atoms with Gasteiger partial charge in [-0.2, -0.15) is 0 Å². The Morgan fingerprint density at radius 3 is 2.53 bits per heavy atom. The maximum Gasteiger partial charge on any atom is 0.136 e. The van der Waals surface area contributed by atoms with E-state index in [9.17, 15) is 0 Å². The van der Waals surface area contributed by atoms with Crippen molar-refractivity contribution in [1.29, 1.82) is 0 Å². The number of rotatable bonds is 1. The minimum Gasteiger partial charge on any atom is -0.307 e. The number of hydrogen-bond donors (Lipinski definition) is 0. The predicted octanol–water partition coefficient (Wildman–Crippen LogP) is 3.79. The summed E-state index contributed by atoms with van der Waals surface area (Å²) in [6.45, 7) is 10.6. The molecule has 0 fully saturated rings. The minimum absolute atomic E-state index is 0.571. The number of aromatic nitrogens is 2. The molecular formula is C13H20N2. The number of nitrogens with zero attached hydrogens (tertiary/aromatic N) is 2. The lowest BCUT2D eigenvalue weighted by atomic mass is 10.0. The molecule has 0 aromatic carbocycles. The summed E-state index contributed by atoms with van der Waals surface area (Å²) < 4.78 is 2.06. The molecule has 0 saturated carbocycles. The van der Waals surface area contributed by atoms with Crippen LogP contribution in [0.4, 0.5) is 0 Å². The molecule has 2 nitrogen and oxygen atoms in total. The molecule has 2 aromatic heterocycles. The van der Waals surface area contributed by atoms with Gasteiger partial charge in [-0.15, -0.1) is 0 Å². The maximum absolute atomic E-state index is 4.27. The molecule has 0 aliphatic carbocycles. The van der Waals surface area contributed by atoms with Crippen LogP contribution in [0.3, 0.4) is 0 Å². The molecule has 2 rings (SSSR count). The number of aryl methyl sites for hydroxylation is 1. The van der Waals surface area contributed by atoms with Crippen LogP contribution in [-0.2, 0) is 0 Å². The van der Waals surface area contributed by atoms with E-state index in [2.05, 4.69) is 42.4 Å². The minimum atomic E-state index is 0.571. The highest BCUT2D eigenvalue weighted by Crippen LogP contribution is 2.19. The zero-order chi connectivity index (χ0) is 11.4. The SMILES string of the molecule is CC.Cc1cn2ccnc2cc1C(C)C. The number of imidazole rings is 1. The Kier molecular flexibility index (Phi) is 3.89. The molecule has 0 spiro atoms. The van der Waals surface area contributed by atoms with Crippen LogP contribution in [0.25, 0.3) is 5.65 Å². The van der Waals surface area contributed by atoms with Gasteiger partial charge in [0.05, 0.1) is 0 Å². The van der Waals surface area contributed by atoms with E-state index in [1.807, 2.05) is 26.2 Å². The Hall–Kier alpha value is -1.31. The Labute approximate surface area is 92.0 Å². The number of hydrogen-bond acceptors (Lipinski definition) is 1. The number of fused-ring (bicyclic) bond motifs is 1. The second-order valence-corrected chi connectivity index (χ2v) is 3.76. The zero-order valence-electron chi connectivity index (χ0n) is 10.3. The summed E-state index contributed by atoms with van der Waals surface area (Å²) in [5.74, 6) is 0.571. The third kappa shape index (κ3) is 2.38. The van der Waals surface area contributed by atoms with Gasteiger partial charge in [0.25, 0.3) is 0 Å². The van der Waals surface area contributed by atoms with Crippen LogP contribution >= 0.6 is 0 Å². The monoisotopic (exact) mass is 204 g/mol. The smallest absolute Gasteiger partial charge is 0.136 e. The van der Waals surface area contributed by atoms with E-state index in [-0.39, 0.29) is 0 Å². The van der Waals surface area contributed by atoms with Crippen molar-refractivity contribution in [2.24, 2.45) is 0 Å². The van der Waals surface area contributed by atoms with Gasteiger partial charge >= 0.3 is 0 Å². The van der Waals surface area contributed by atoms with Crippen LogP contribution < -0.4 is 0 Å². The lowest BCUT2D eigenvalue weighted by molar-refractivity contribution is 0.851. The first-order chi connectivity index (χ1) is 7.18. The summed E-state index contributed by atoms with van der Waals surface area (Å²) in [5, 5.41) is 0. The summed E-state index contributed by atoms with van der Waals surface area (Å²) >= 11 is 0. The van der Waals surface area contributed by atoms with Crippen molar-refractivity contribution in [3.63, 3.8) is 0 Å². The summed E-state index contributed by atoms with van der Waals surface area (Å²) in [5.41, 5.74) is 3.76. The standard InChI is InChI=1S/C11H14N2.C2H6/c1-8(2)10-6-11-12-4-5-13(11)7-9(10)3;1-2/h4-8H,1-3H3;1-2H3. The van der Waals surface area contributed by atoms with Crippen LogP contribution in [0.1, 0.15) is 44.7 Å². The van der Waals surface area contributed by atoms with Crippen molar-refractivity contribution in [3.05, 3.63) is 35.8 Å². The van der Waals surface area contributed by atoms with Crippen LogP contribution in [0.2, 0.25) is 0 Å². The number of pyridine rings is 1.